The minimum atomic E-state index is -4.21. The predicted molar refractivity (Wildman–Crippen MR) is 109 cm³/mol. The van der Waals surface area contributed by atoms with Crippen molar-refractivity contribution < 1.29 is 69.5 Å². The molecule has 0 aliphatic rings. The largest absolute Gasteiger partial charge is 1.00 e. The zero-order chi connectivity index (χ0) is 19.7. The van der Waals surface area contributed by atoms with Gasteiger partial charge in [-0.05, 0) is 32.6 Å². The van der Waals surface area contributed by atoms with Crippen LogP contribution < -0.4 is 51.4 Å². The van der Waals surface area contributed by atoms with E-state index in [1.807, 2.05) is 0 Å². The van der Waals surface area contributed by atoms with E-state index in [4.69, 9.17) is 0 Å². The summed E-state index contributed by atoms with van der Waals surface area (Å²) in [4.78, 5) is 0. The molecule has 0 aromatic rings. The van der Waals surface area contributed by atoms with Gasteiger partial charge < -0.3 is 9.66 Å². The predicted octanol–water partition coefficient (Wildman–Crippen LogP) is 2.94. The summed E-state index contributed by atoms with van der Waals surface area (Å²) < 4.78 is 34.0. The first-order chi connectivity index (χ1) is 12.4. The Kier molecular flexibility index (Phi) is 23.6. The molecule has 0 spiro atoms. The fourth-order valence-electron chi connectivity index (χ4n) is 3.46. The van der Waals surface area contributed by atoms with Crippen LogP contribution in [0.3, 0.4) is 0 Å². The Hall–Kier alpha value is 1.51. The van der Waals surface area contributed by atoms with E-state index in [2.05, 4.69) is 6.92 Å². The van der Waals surface area contributed by atoms with Gasteiger partial charge in [0.25, 0.3) is 0 Å². The van der Waals surface area contributed by atoms with Crippen molar-refractivity contribution in [2.45, 2.75) is 134 Å². The molecule has 158 valence electrons. The monoisotopic (exact) mass is 430 g/mol. The average Bonchev–Trinajstić information content (AvgIpc) is 2.56. The number of unbranched alkanes of at least 4 members (excludes halogenated alkanes) is 12. The smallest absolute Gasteiger partial charge is 0.748 e. The minimum absolute atomic E-state index is 0. The SMILES string of the molecule is CCCCCCCCCCCCCCCC(CCCC(C)O)S(=O)(=O)[O-].[K+]. The van der Waals surface area contributed by atoms with Gasteiger partial charge in [0.05, 0.1) is 16.2 Å². The van der Waals surface area contributed by atoms with Crippen LogP contribution in [0.2, 0.25) is 0 Å². The molecule has 0 amide bonds. The number of rotatable bonds is 19. The number of hydrogen-bond donors (Lipinski definition) is 1. The molecular formula is C21H43KO4S. The molecule has 2 unspecified atom stereocenters. The normalized spacial score (nSPS) is 13.9. The molecule has 0 aromatic carbocycles. The first-order valence-corrected chi connectivity index (χ1v) is 12.5. The van der Waals surface area contributed by atoms with Gasteiger partial charge in [-0.25, -0.2) is 8.42 Å². The Balaban J connectivity index is 0. The summed E-state index contributed by atoms with van der Waals surface area (Å²) >= 11 is 0. The molecule has 0 aliphatic carbocycles. The Morgan fingerprint density at radius 2 is 1.07 bits per heavy atom. The summed E-state index contributed by atoms with van der Waals surface area (Å²) in [5.41, 5.74) is 0. The van der Waals surface area contributed by atoms with E-state index in [1.165, 1.54) is 64.2 Å². The summed E-state index contributed by atoms with van der Waals surface area (Å²) in [6, 6.07) is 0. The van der Waals surface area contributed by atoms with Gasteiger partial charge in [0.1, 0.15) is 0 Å². The average molecular weight is 431 g/mol. The van der Waals surface area contributed by atoms with E-state index in [0.29, 0.717) is 25.7 Å². The van der Waals surface area contributed by atoms with E-state index < -0.39 is 21.5 Å². The first-order valence-electron chi connectivity index (χ1n) is 11.0. The van der Waals surface area contributed by atoms with Crippen LogP contribution in [0.1, 0.15) is 123 Å². The molecule has 0 saturated carbocycles. The summed E-state index contributed by atoms with van der Waals surface area (Å²) in [7, 11) is -4.21. The van der Waals surface area contributed by atoms with Crippen molar-refractivity contribution in [3.63, 3.8) is 0 Å². The maximum Gasteiger partial charge on any atom is 1.00 e. The van der Waals surface area contributed by atoms with Crippen LogP contribution in [0, 0.1) is 0 Å². The Morgan fingerprint density at radius 3 is 1.44 bits per heavy atom. The third-order valence-corrected chi connectivity index (χ3v) is 6.47. The molecule has 0 fully saturated rings. The van der Waals surface area contributed by atoms with E-state index in [-0.39, 0.29) is 51.4 Å². The van der Waals surface area contributed by atoms with Crippen molar-refractivity contribution in [3.8, 4) is 0 Å². The van der Waals surface area contributed by atoms with Crippen LogP contribution in [-0.4, -0.2) is 29.4 Å². The van der Waals surface area contributed by atoms with Crippen molar-refractivity contribution in [3.05, 3.63) is 0 Å². The van der Waals surface area contributed by atoms with Gasteiger partial charge >= 0.3 is 51.4 Å². The Labute approximate surface area is 211 Å². The van der Waals surface area contributed by atoms with Gasteiger partial charge in [-0.2, -0.15) is 0 Å². The minimum Gasteiger partial charge on any atom is -0.748 e. The van der Waals surface area contributed by atoms with Crippen LogP contribution in [0.4, 0.5) is 0 Å². The molecular weight excluding hydrogens is 387 g/mol. The van der Waals surface area contributed by atoms with Gasteiger partial charge in [0.15, 0.2) is 0 Å². The van der Waals surface area contributed by atoms with E-state index >= 15 is 0 Å². The van der Waals surface area contributed by atoms with E-state index in [9.17, 15) is 18.1 Å². The topological polar surface area (TPSA) is 77.4 Å². The third kappa shape index (κ3) is 22.0. The van der Waals surface area contributed by atoms with Gasteiger partial charge in [-0.15, -0.1) is 0 Å². The van der Waals surface area contributed by atoms with Gasteiger partial charge in [0.2, 0.25) is 0 Å². The molecule has 6 heteroatoms. The molecule has 0 saturated heterocycles. The van der Waals surface area contributed by atoms with Crippen LogP contribution >= 0.6 is 0 Å². The van der Waals surface area contributed by atoms with Crippen LogP contribution in [-0.2, 0) is 10.1 Å². The maximum atomic E-state index is 11.3. The molecule has 1 N–H and O–H groups in total. The van der Waals surface area contributed by atoms with Crippen LogP contribution in [0.5, 0.6) is 0 Å². The molecule has 4 nitrogen and oxygen atoms in total. The second-order valence-electron chi connectivity index (χ2n) is 7.93. The Bertz CT molecular complexity index is 399. The van der Waals surface area contributed by atoms with Gasteiger partial charge in [-0.1, -0.05) is 90.4 Å². The van der Waals surface area contributed by atoms with Crippen molar-refractivity contribution >= 4 is 10.1 Å². The summed E-state index contributed by atoms with van der Waals surface area (Å²) in [6.07, 6.45) is 17.9. The molecule has 27 heavy (non-hydrogen) atoms. The molecule has 0 radical (unpaired) electrons. The first kappa shape index (κ1) is 30.7. The zero-order valence-electron chi connectivity index (χ0n) is 18.3. The van der Waals surface area contributed by atoms with E-state index in [0.717, 1.165) is 19.3 Å². The van der Waals surface area contributed by atoms with Crippen molar-refractivity contribution in [1.29, 1.82) is 0 Å². The molecule has 0 heterocycles. The summed E-state index contributed by atoms with van der Waals surface area (Å²) in [5, 5.41) is 8.47. The number of aliphatic hydroxyl groups is 1. The molecule has 0 aliphatic heterocycles. The van der Waals surface area contributed by atoms with Crippen molar-refractivity contribution in [1.82, 2.24) is 0 Å². The molecule has 0 aromatic heterocycles. The van der Waals surface area contributed by atoms with Crippen LogP contribution in [0.15, 0.2) is 0 Å². The summed E-state index contributed by atoms with van der Waals surface area (Å²) in [6.45, 7) is 3.94. The molecule has 2 atom stereocenters. The number of hydrogen-bond acceptors (Lipinski definition) is 4. The fourth-order valence-corrected chi connectivity index (χ4v) is 4.37. The zero-order valence-corrected chi connectivity index (χ0v) is 22.2. The number of aliphatic hydroxyl groups excluding tert-OH is 1. The molecule has 0 bridgehead atoms. The third-order valence-electron chi connectivity index (χ3n) is 5.19. The Morgan fingerprint density at radius 1 is 0.704 bits per heavy atom. The van der Waals surface area contributed by atoms with Crippen molar-refractivity contribution in [2.75, 3.05) is 0 Å². The quantitative estimate of drug-likeness (QED) is 0.194. The standard InChI is InChI=1S/C21H44O4S.K/c1-3-4-5-6-7-8-9-10-11-12-13-14-15-18-21(26(23,24)25)19-16-17-20(2)22;/h20-22H,3-19H2,1-2H3,(H,23,24,25);/q;+1/p-1. The van der Waals surface area contributed by atoms with Crippen molar-refractivity contribution in [2.24, 2.45) is 0 Å². The second-order valence-corrected chi connectivity index (χ2v) is 9.58. The second kappa shape index (κ2) is 20.8. The molecule has 0 rings (SSSR count). The van der Waals surface area contributed by atoms with Crippen LogP contribution in [0.25, 0.3) is 0 Å². The summed E-state index contributed by atoms with van der Waals surface area (Å²) in [5.74, 6) is 0. The maximum absolute atomic E-state index is 11.3. The fraction of sp³-hybridized carbons (Fsp3) is 1.00. The van der Waals surface area contributed by atoms with Gasteiger partial charge in [-0.3, -0.25) is 0 Å². The van der Waals surface area contributed by atoms with E-state index in [1.54, 1.807) is 6.92 Å². The van der Waals surface area contributed by atoms with Gasteiger partial charge in [0, 0.05) is 5.25 Å².